The predicted molar refractivity (Wildman–Crippen MR) is 69.5 cm³/mol. The van der Waals surface area contributed by atoms with Crippen LogP contribution in [-0.2, 0) is 6.54 Å². The van der Waals surface area contributed by atoms with Crippen LogP contribution in [0.2, 0.25) is 10.0 Å². The average molecular weight is 272 g/mol. The third-order valence-electron chi connectivity index (χ3n) is 2.18. The molecule has 1 aromatic heterocycles. The molecule has 1 aromatic carbocycles. The number of halogens is 2. The van der Waals surface area contributed by atoms with Crippen LogP contribution in [0.3, 0.4) is 0 Å². The maximum atomic E-state index is 5.96. The first kappa shape index (κ1) is 11.7. The molecule has 0 aliphatic carbocycles. The molecule has 0 amide bonds. The first-order valence-corrected chi connectivity index (χ1v) is 6.27. The molecule has 0 unspecified atom stereocenters. The Hall–Kier alpha value is -0.770. The molecule has 0 saturated carbocycles. The minimum absolute atomic E-state index is 0.566. The quantitative estimate of drug-likeness (QED) is 0.842. The summed E-state index contributed by atoms with van der Waals surface area (Å²) >= 11 is 13.3. The molecule has 2 nitrogen and oxygen atoms in total. The van der Waals surface area contributed by atoms with E-state index in [4.69, 9.17) is 23.2 Å². The lowest BCUT2D eigenvalue weighted by molar-refractivity contribution is 0.894. The molecule has 0 spiro atoms. The summed E-state index contributed by atoms with van der Waals surface area (Å²) in [6.45, 7) is 0.734. The van der Waals surface area contributed by atoms with Gasteiger partial charge in [0.25, 0.3) is 0 Å². The monoisotopic (exact) mass is 271 g/mol. The highest BCUT2D eigenvalue weighted by Gasteiger charge is 2.06. The molecule has 0 fully saturated rings. The van der Waals surface area contributed by atoms with E-state index >= 15 is 0 Å². The van der Waals surface area contributed by atoms with Gasteiger partial charge in [-0.1, -0.05) is 23.2 Å². The van der Waals surface area contributed by atoms with Crippen LogP contribution in [0.4, 0.5) is 5.69 Å². The second kappa shape index (κ2) is 5.04. The second-order valence-electron chi connectivity index (χ2n) is 3.38. The number of aromatic nitrogens is 1. The zero-order valence-electron chi connectivity index (χ0n) is 8.58. The number of benzene rings is 1. The summed E-state index contributed by atoms with van der Waals surface area (Å²) in [5.74, 6) is 0. The first-order valence-electron chi connectivity index (χ1n) is 4.63. The fraction of sp³-hybridized carbons (Fsp3) is 0.182. The minimum atomic E-state index is 0.566. The molecule has 1 radical (unpaired) electrons. The Labute approximate surface area is 108 Å². The van der Waals surface area contributed by atoms with Crippen LogP contribution in [0.5, 0.6) is 0 Å². The standard InChI is InChI=1S/C11H9Cl2N2S/c1-15(5-8-6-16-7-14-8)9-2-3-10(12)11(13)4-9/h2-4,6H,5H2,1H3. The van der Waals surface area contributed by atoms with E-state index in [0.29, 0.717) is 10.0 Å². The first-order chi connectivity index (χ1) is 7.66. The lowest BCUT2D eigenvalue weighted by atomic mass is 10.3. The number of hydrogen-bond donors (Lipinski definition) is 0. The summed E-state index contributed by atoms with van der Waals surface area (Å²) in [5, 5.41) is 3.12. The van der Waals surface area contributed by atoms with Crippen molar-refractivity contribution in [3.05, 3.63) is 44.8 Å². The average Bonchev–Trinajstić information content (AvgIpc) is 2.74. The zero-order chi connectivity index (χ0) is 11.5. The molecule has 16 heavy (non-hydrogen) atoms. The van der Waals surface area contributed by atoms with Crippen LogP contribution in [0.15, 0.2) is 23.6 Å². The smallest absolute Gasteiger partial charge is 0.152 e. The minimum Gasteiger partial charge on any atom is -0.369 e. The van der Waals surface area contributed by atoms with E-state index in [1.54, 1.807) is 6.07 Å². The van der Waals surface area contributed by atoms with Crippen molar-refractivity contribution >= 4 is 40.2 Å². The van der Waals surface area contributed by atoms with E-state index in [-0.39, 0.29) is 0 Å². The van der Waals surface area contributed by atoms with Gasteiger partial charge in [-0.25, -0.2) is 4.98 Å². The fourth-order valence-corrected chi connectivity index (χ4v) is 2.11. The molecule has 2 rings (SSSR count). The van der Waals surface area contributed by atoms with Crippen LogP contribution in [0.1, 0.15) is 5.69 Å². The lowest BCUT2D eigenvalue weighted by Gasteiger charge is -2.18. The maximum absolute atomic E-state index is 5.96. The van der Waals surface area contributed by atoms with Crippen LogP contribution >= 0.6 is 34.5 Å². The van der Waals surface area contributed by atoms with E-state index < -0.39 is 0 Å². The second-order valence-corrected chi connectivity index (χ2v) is 4.85. The van der Waals surface area contributed by atoms with Crippen LogP contribution in [0, 0.1) is 5.51 Å². The topological polar surface area (TPSA) is 16.1 Å². The molecule has 0 N–H and O–H groups in total. The third kappa shape index (κ3) is 2.67. The molecular weight excluding hydrogens is 263 g/mol. The predicted octanol–water partition coefficient (Wildman–Crippen LogP) is 3.89. The zero-order valence-corrected chi connectivity index (χ0v) is 10.9. The number of hydrogen-bond acceptors (Lipinski definition) is 3. The van der Waals surface area contributed by atoms with Crippen LogP contribution < -0.4 is 4.90 Å². The SMILES string of the molecule is CN(Cc1cs[c]n1)c1ccc(Cl)c(Cl)c1. The van der Waals surface area contributed by atoms with Gasteiger partial charge in [0.2, 0.25) is 0 Å². The van der Waals surface area contributed by atoms with E-state index in [9.17, 15) is 0 Å². The van der Waals surface area contributed by atoms with Crippen molar-refractivity contribution in [3.8, 4) is 0 Å². The Morgan fingerprint density at radius 2 is 2.19 bits per heavy atom. The summed E-state index contributed by atoms with van der Waals surface area (Å²) < 4.78 is 0. The van der Waals surface area contributed by atoms with Crippen molar-refractivity contribution in [1.82, 2.24) is 4.98 Å². The molecule has 0 aliphatic heterocycles. The van der Waals surface area contributed by atoms with Crippen LogP contribution in [0.25, 0.3) is 0 Å². The molecular formula is C11H9Cl2N2S. The lowest BCUT2D eigenvalue weighted by Crippen LogP contribution is -2.16. The van der Waals surface area contributed by atoms with Gasteiger partial charge in [-0.3, -0.25) is 0 Å². The number of rotatable bonds is 3. The maximum Gasteiger partial charge on any atom is 0.152 e. The Kier molecular flexibility index (Phi) is 3.69. The number of thiazole rings is 1. The van der Waals surface area contributed by atoms with Gasteiger partial charge in [0.05, 0.1) is 22.3 Å². The molecule has 83 valence electrons. The molecule has 0 saturated heterocycles. The van der Waals surface area contributed by atoms with Crippen molar-refractivity contribution in [1.29, 1.82) is 0 Å². The molecule has 0 aliphatic rings. The largest absolute Gasteiger partial charge is 0.369 e. The van der Waals surface area contributed by atoms with Crippen LogP contribution in [-0.4, -0.2) is 12.0 Å². The van der Waals surface area contributed by atoms with Gasteiger partial charge in [0.1, 0.15) is 0 Å². The molecule has 0 bridgehead atoms. The van der Waals surface area contributed by atoms with Crippen molar-refractivity contribution in [2.75, 3.05) is 11.9 Å². The summed E-state index contributed by atoms with van der Waals surface area (Å²) in [6.07, 6.45) is 0. The van der Waals surface area contributed by atoms with Crippen molar-refractivity contribution < 1.29 is 0 Å². The number of anilines is 1. The van der Waals surface area contributed by atoms with E-state index in [1.165, 1.54) is 11.3 Å². The van der Waals surface area contributed by atoms with Crippen molar-refractivity contribution in [3.63, 3.8) is 0 Å². The van der Waals surface area contributed by atoms with E-state index in [2.05, 4.69) is 15.4 Å². The highest BCUT2D eigenvalue weighted by Crippen LogP contribution is 2.27. The molecule has 1 heterocycles. The van der Waals surface area contributed by atoms with Gasteiger partial charge < -0.3 is 4.90 Å². The van der Waals surface area contributed by atoms with Gasteiger partial charge in [0.15, 0.2) is 5.51 Å². The van der Waals surface area contributed by atoms with Gasteiger partial charge in [-0.2, -0.15) is 0 Å². The van der Waals surface area contributed by atoms with Crippen molar-refractivity contribution in [2.45, 2.75) is 6.54 Å². The number of nitrogens with zero attached hydrogens (tertiary/aromatic N) is 2. The van der Waals surface area contributed by atoms with Gasteiger partial charge in [-0.15, -0.1) is 11.3 Å². The van der Waals surface area contributed by atoms with Crippen molar-refractivity contribution in [2.24, 2.45) is 0 Å². The summed E-state index contributed by atoms with van der Waals surface area (Å²) in [7, 11) is 1.99. The highest BCUT2D eigenvalue weighted by atomic mass is 35.5. The summed E-state index contributed by atoms with van der Waals surface area (Å²) in [5.41, 5.74) is 4.84. The van der Waals surface area contributed by atoms with E-state index in [1.807, 2.05) is 24.6 Å². The van der Waals surface area contributed by atoms with Gasteiger partial charge >= 0.3 is 0 Å². The molecule has 2 aromatic rings. The fourth-order valence-electron chi connectivity index (χ4n) is 1.34. The van der Waals surface area contributed by atoms with E-state index in [0.717, 1.165) is 17.9 Å². The molecule has 5 heteroatoms. The highest BCUT2D eigenvalue weighted by molar-refractivity contribution is 7.07. The normalized spacial score (nSPS) is 10.4. The Bertz CT molecular complexity index is 471. The third-order valence-corrected chi connectivity index (χ3v) is 3.51. The molecule has 0 atom stereocenters. The Morgan fingerprint density at radius 1 is 1.38 bits per heavy atom. The Morgan fingerprint density at radius 3 is 2.81 bits per heavy atom. The van der Waals surface area contributed by atoms with Gasteiger partial charge in [0, 0.05) is 18.1 Å². The summed E-state index contributed by atoms with van der Waals surface area (Å²) in [6, 6.07) is 5.58. The Balaban J connectivity index is 2.14. The van der Waals surface area contributed by atoms with Gasteiger partial charge in [-0.05, 0) is 18.2 Å². The summed E-state index contributed by atoms with van der Waals surface area (Å²) in [4.78, 5) is 6.18.